The van der Waals surface area contributed by atoms with Gasteiger partial charge in [0.1, 0.15) is 11.6 Å². The number of halogens is 1. The number of ketones is 1. The fourth-order valence-corrected chi connectivity index (χ4v) is 5.30. The van der Waals surface area contributed by atoms with Crippen LogP contribution in [0.2, 0.25) is 0 Å². The Morgan fingerprint density at radius 2 is 1.65 bits per heavy atom. The van der Waals surface area contributed by atoms with Crippen LogP contribution in [0, 0.1) is 11.7 Å². The zero-order valence-electron chi connectivity index (χ0n) is 17.6. The van der Waals surface area contributed by atoms with Crippen molar-refractivity contribution in [2.24, 2.45) is 5.92 Å². The molecule has 3 rings (SSSR count). The van der Waals surface area contributed by atoms with E-state index in [0.717, 1.165) is 0 Å². The van der Waals surface area contributed by atoms with Gasteiger partial charge in [-0.3, -0.25) is 9.59 Å². The summed E-state index contributed by atoms with van der Waals surface area (Å²) in [6.45, 7) is 4.20. The highest BCUT2D eigenvalue weighted by Crippen LogP contribution is 2.20. The van der Waals surface area contributed by atoms with Gasteiger partial charge >= 0.3 is 0 Å². The molecule has 1 aliphatic heterocycles. The van der Waals surface area contributed by atoms with Crippen molar-refractivity contribution in [1.29, 1.82) is 0 Å². The number of ether oxygens (including phenoxy) is 1. The lowest BCUT2D eigenvalue weighted by atomic mass is 10.0. The maximum absolute atomic E-state index is 13.0. The van der Waals surface area contributed by atoms with E-state index < -0.39 is 15.7 Å². The summed E-state index contributed by atoms with van der Waals surface area (Å²) in [5.74, 6) is -0.200. The molecule has 166 valence electrons. The SMILES string of the molecule is CC(C)CN(C(=O)COc1ccc(C(=O)c2ccc(F)cc2)cc1)C1CCS(=O)(=O)C1. The van der Waals surface area contributed by atoms with Gasteiger partial charge in [0.25, 0.3) is 5.91 Å². The van der Waals surface area contributed by atoms with E-state index in [2.05, 4.69) is 0 Å². The number of hydrogen-bond donors (Lipinski definition) is 0. The number of amides is 1. The minimum absolute atomic E-state index is 0.00828. The highest BCUT2D eigenvalue weighted by molar-refractivity contribution is 7.91. The first kappa shape index (κ1) is 22.9. The molecule has 1 amide bonds. The molecule has 1 fully saturated rings. The number of benzene rings is 2. The molecule has 0 saturated carbocycles. The smallest absolute Gasteiger partial charge is 0.260 e. The summed E-state index contributed by atoms with van der Waals surface area (Å²) in [6, 6.07) is 11.3. The third-order valence-corrected chi connectivity index (χ3v) is 6.87. The van der Waals surface area contributed by atoms with Crippen LogP contribution in [0.25, 0.3) is 0 Å². The number of hydrogen-bond acceptors (Lipinski definition) is 5. The second-order valence-corrected chi connectivity index (χ2v) is 10.4. The van der Waals surface area contributed by atoms with Crippen molar-refractivity contribution in [3.8, 4) is 5.75 Å². The second-order valence-electron chi connectivity index (χ2n) is 8.15. The average Bonchev–Trinajstić information content (AvgIpc) is 3.10. The fourth-order valence-electron chi connectivity index (χ4n) is 3.57. The van der Waals surface area contributed by atoms with Crippen LogP contribution in [0.3, 0.4) is 0 Å². The first-order valence-corrected chi connectivity index (χ1v) is 12.0. The van der Waals surface area contributed by atoms with Crippen LogP contribution in [-0.2, 0) is 14.6 Å². The third kappa shape index (κ3) is 6.13. The van der Waals surface area contributed by atoms with Gasteiger partial charge < -0.3 is 9.64 Å². The topological polar surface area (TPSA) is 80.8 Å². The predicted molar refractivity (Wildman–Crippen MR) is 115 cm³/mol. The van der Waals surface area contributed by atoms with E-state index in [-0.39, 0.29) is 41.8 Å². The normalized spacial score (nSPS) is 17.5. The number of carbonyl (C=O) groups excluding carboxylic acids is 2. The van der Waals surface area contributed by atoms with E-state index in [0.29, 0.717) is 29.8 Å². The molecule has 6 nitrogen and oxygen atoms in total. The van der Waals surface area contributed by atoms with Crippen LogP contribution in [0.4, 0.5) is 4.39 Å². The first-order chi connectivity index (χ1) is 14.6. The molecule has 1 heterocycles. The highest BCUT2D eigenvalue weighted by atomic mass is 32.2. The molecule has 0 aliphatic carbocycles. The van der Waals surface area contributed by atoms with E-state index in [1.165, 1.54) is 24.3 Å². The number of sulfone groups is 1. The van der Waals surface area contributed by atoms with E-state index >= 15 is 0 Å². The van der Waals surface area contributed by atoms with Gasteiger partial charge in [-0.15, -0.1) is 0 Å². The van der Waals surface area contributed by atoms with Gasteiger partial charge in [0, 0.05) is 23.7 Å². The summed E-state index contributed by atoms with van der Waals surface area (Å²) >= 11 is 0. The Morgan fingerprint density at radius 1 is 1.06 bits per heavy atom. The number of rotatable bonds is 8. The van der Waals surface area contributed by atoms with E-state index in [1.807, 2.05) is 13.8 Å². The molecule has 0 aromatic heterocycles. The zero-order chi connectivity index (χ0) is 22.6. The van der Waals surface area contributed by atoms with E-state index in [4.69, 9.17) is 4.74 Å². The molecule has 31 heavy (non-hydrogen) atoms. The van der Waals surface area contributed by atoms with Crippen LogP contribution < -0.4 is 4.74 Å². The predicted octanol–water partition coefficient (Wildman–Crippen LogP) is 3.11. The Bertz CT molecular complexity index is 1030. The molecule has 2 aromatic rings. The lowest BCUT2D eigenvalue weighted by Gasteiger charge is -2.29. The quantitative estimate of drug-likeness (QED) is 0.581. The van der Waals surface area contributed by atoms with Gasteiger partial charge in [0.2, 0.25) is 0 Å². The molecule has 1 unspecified atom stereocenters. The standard InChI is InChI=1S/C23H26FNO5S/c1-16(2)13-25(20-11-12-31(28,29)15-20)22(26)14-30-21-9-5-18(6-10-21)23(27)17-3-7-19(24)8-4-17/h3-10,16,20H,11-15H2,1-2H3. The van der Waals surface area contributed by atoms with Crippen molar-refractivity contribution < 1.29 is 27.1 Å². The molecular weight excluding hydrogens is 421 g/mol. The minimum Gasteiger partial charge on any atom is -0.484 e. The fraction of sp³-hybridized carbons (Fsp3) is 0.391. The molecule has 1 saturated heterocycles. The largest absolute Gasteiger partial charge is 0.484 e. The van der Waals surface area contributed by atoms with Crippen LogP contribution in [-0.4, -0.2) is 55.7 Å². The maximum atomic E-state index is 13.0. The molecule has 1 atom stereocenters. The van der Waals surface area contributed by atoms with Crippen molar-refractivity contribution in [2.45, 2.75) is 26.3 Å². The molecule has 0 N–H and O–H groups in total. The Labute approximate surface area is 181 Å². The van der Waals surface area contributed by atoms with Gasteiger partial charge in [-0.05, 0) is 60.9 Å². The van der Waals surface area contributed by atoms with Crippen molar-refractivity contribution >= 4 is 21.5 Å². The van der Waals surface area contributed by atoms with E-state index in [1.54, 1.807) is 29.2 Å². The summed E-state index contributed by atoms with van der Waals surface area (Å²) in [6.07, 6.45) is 0.445. The maximum Gasteiger partial charge on any atom is 0.260 e. The molecule has 1 aliphatic rings. The average molecular weight is 448 g/mol. The van der Waals surface area contributed by atoms with Crippen molar-refractivity contribution in [3.63, 3.8) is 0 Å². The Hall–Kier alpha value is -2.74. The summed E-state index contributed by atoms with van der Waals surface area (Å²) in [5.41, 5.74) is 0.795. The van der Waals surface area contributed by atoms with Crippen molar-refractivity contribution in [2.75, 3.05) is 24.7 Å². The Balaban J connectivity index is 1.62. The Kier molecular flexibility index (Phi) is 7.10. The highest BCUT2D eigenvalue weighted by Gasteiger charge is 2.34. The summed E-state index contributed by atoms with van der Waals surface area (Å²) in [5, 5.41) is 0. The number of nitrogens with zero attached hydrogens (tertiary/aromatic N) is 1. The van der Waals surface area contributed by atoms with Gasteiger partial charge in [0.15, 0.2) is 22.2 Å². The van der Waals surface area contributed by atoms with Gasteiger partial charge in [0.05, 0.1) is 11.5 Å². The Morgan fingerprint density at radius 3 is 2.16 bits per heavy atom. The lowest BCUT2D eigenvalue weighted by molar-refractivity contribution is -0.135. The minimum atomic E-state index is -3.10. The summed E-state index contributed by atoms with van der Waals surface area (Å²) in [4.78, 5) is 26.8. The monoisotopic (exact) mass is 447 g/mol. The van der Waals surface area contributed by atoms with Crippen LogP contribution in [0.5, 0.6) is 5.75 Å². The van der Waals surface area contributed by atoms with Crippen LogP contribution in [0.1, 0.15) is 36.2 Å². The molecule has 2 aromatic carbocycles. The van der Waals surface area contributed by atoms with Crippen molar-refractivity contribution in [1.82, 2.24) is 4.90 Å². The molecule has 0 radical (unpaired) electrons. The van der Waals surface area contributed by atoms with Crippen LogP contribution >= 0.6 is 0 Å². The van der Waals surface area contributed by atoms with Gasteiger partial charge in [-0.1, -0.05) is 13.8 Å². The van der Waals surface area contributed by atoms with E-state index in [9.17, 15) is 22.4 Å². The van der Waals surface area contributed by atoms with Crippen LogP contribution in [0.15, 0.2) is 48.5 Å². The van der Waals surface area contributed by atoms with Gasteiger partial charge in [-0.2, -0.15) is 0 Å². The molecule has 0 bridgehead atoms. The number of carbonyl (C=O) groups is 2. The van der Waals surface area contributed by atoms with Gasteiger partial charge in [-0.25, -0.2) is 12.8 Å². The third-order valence-electron chi connectivity index (χ3n) is 5.12. The second kappa shape index (κ2) is 9.60. The molecule has 8 heteroatoms. The summed E-state index contributed by atoms with van der Waals surface area (Å²) < 4.78 is 42.3. The zero-order valence-corrected chi connectivity index (χ0v) is 18.4. The molecular formula is C23H26FNO5S. The summed E-state index contributed by atoms with van der Waals surface area (Å²) in [7, 11) is -3.10. The molecule has 0 spiro atoms. The first-order valence-electron chi connectivity index (χ1n) is 10.2. The van der Waals surface area contributed by atoms with Crippen molar-refractivity contribution in [3.05, 3.63) is 65.5 Å². The lowest BCUT2D eigenvalue weighted by Crippen LogP contribution is -2.45.